The minimum Gasteiger partial charge on any atom is -0.493 e. The largest absolute Gasteiger partial charge is 0.493 e. The van der Waals surface area contributed by atoms with Gasteiger partial charge in [-0.3, -0.25) is 19.8 Å². The van der Waals surface area contributed by atoms with Crippen molar-refractivity contribution in [3.05, 3.63) is 74.8 Å². The van der Waals surface area contributed by atoms with Crippen LogP contribution in [0, 0.1) is 10.1 Å². The molecule has 1 N–H and O–H groups in total. The van der Waals surface area contributed by atoms with E-state index < -0.39 is 17.5 Å². The number of nitro groups is 1. The standard InChI is InChI=1S/C22H22BrN3O5/c1-4-9-31-19-16(23)10-13(11-18(19)30-3)14-12-25(2)22(20(14)26(28)29)15-7-5-6-8-17(15)24-21(22)27/h4-8,10-11,14,20H,1,9,12H2,2-3H3,(H,24,27)/t14-,20-,22-/m0/s1. The van der Waals surface area contributed by atoms with E-state index in [0.29, 0.717) is 39.3 Å². The number of methoxy groups -OCH3 is 1. The molecule has 0 unspecified atom stereocenters. The number of anilines is 1. The smallest absolute Gasteiger partial charge is 0.256 e. The third-order valence-corrected chi connectivity index (χ3v) is 6.66. The third-order valence-electron chi connectivity index (χ3n) is 6.07. The summed E-state index contributed by atoms with van der Waals surface area (Å²) in [6, 6.07) is 9.51. The Labute approximate surface area is 188 Å². The van der Waals surface area contributed by atoms with Gasteiger partial charge in [0.05, 0.1) is 17.5 Å². The van der Waals surface area contributed by atoms with Gasteiger partial charge in [0, 0.05) is 22.7 Å². The Morgan fingerprint density at radius 3 is 2.84 bits per heavy atom. The topological polar surface area (TPSA) is 93.9 Å². The van der Waals surface area contributed by atoms with Gasteiger partial charge in [-0.15, -0.1) is 0 Å². The maximum atomic E-state index is 13.2. The zero-order chi connectivity index (χ0) is 22.3. The summed E-state index contributed by atoms with van der Waals surface area (Å²) in [5.41, 5.74) is 0.544. The average molecular weight is 488 g/mol. The molecule has 3 atom stereocenters. The number of halogens is 1. The molecule has 0 radical (unpaired) electrons. The first kappa shape index (κ1) is 21.3. The van der Waals surface area contributed by atoms with Gasteiger partial charge in [-0.25, -0.2) is 0 Å². The van der Waals surface area contributed by atoms with Gasteiger partial charge in [-0.2, -0.15) is 0 Å². The molecule has 0 aliphatic carbocycles. The van der Waals surface area contributed by atoms with Crippen LogP contribution in [-0.2, 0) is 10.3 Å². The quantitative estimate of drug-likeness (QED) is 0.380. The van der Waals surface area contributed by atoms with Gasteiger partial charge in [0.15, 0.2) is 17.0 Å². The Hall–Kier alpha value is -2.91. The number of hydrogen-bond donors (Lipinski definition) is 1. The number of hydrogen-bond acceptors (Lipinski definition) is 6. The van der Waals surface area contributed by atoms with E-state index in [-0.39, 0.29) is 17.4 Å². The number of para-hydroxylation sites is 1. The number of carbonyl (C=O) groups excluding carboxylic acids is 1. The first-order chi connectivity index (χ1) is 14.9. The third kappa shape index (κ3) is 3.11. The van der Waals surface area contributed by atoms with Crippen molar-refractivity contribution >= 4 is 27.5 Å². The van der Waals surface area contributed by atoms with Crippen LogP contribution in [0.3, 0.4) is 0 Å². The maximum Gasteiger partial charge on any atom is 0.256 e. The highest BCUT2D eigenvalue weighted by Gasteiger charge is 2.68. The van der Waals surface area contributed by atoms with Gasteiger partial charge in [0.25, 0.3) is 11.9 Å². The second-order valence-electron chi connectivity index (χ2n) is 7.62. The summed E-state index contributed by atoms with van der Waals surface area (Å²) < 4.78 is 11.8. The van der Waals surface area contributed by atoms with Crippen molar-refractivity contribution < 1.29 is 19.2 Å². The van der Waals surface area contributed by atoms with Crippen LogP contribution in [0.4, 0.5) is 5.69 Å². The van der Waals surface area contributed by atoms with E-state index in [4.69, 9.17) is 9.47 Å². The van der Waals surface area contributed by atoms with Crippen LogP contribution in [0.5, 0.6) is 11.5 Å². The lowest BCUT2D eigenvalue weighted by Gasteiger charge is -2.30. The minimum absolute atomic E-state index is 0.290. The zero-order valence-electron chi connectivity index (χ0n) is 17.1. The number of ether oxygens (including phenoxy) is 2. The Balaban J connectivity index is 1.85. The number of likely N-dealkylation sites (N-methyl/N-ethyl adjacent to an activating group) is 1. The van der Waals surface area contributed by atoms with Crippen molar-refractivity contribution in [2.75, 3.05) is 32.6 Å². The predicted molar refractivity (Wildman–Crippen MR) is 119 cm³/mol. The molecule has 162 valence electrons. The van der Waals surface area contributed by atoms with E-state index in [2.05, 4.69) is 27.8 Å². The number of rotatable bonds is 6. The molecule has 0 bridgehead atoms. The van der Waals surface area contributed by atoms with E-state index in [0.717, 1.165) is 0 Å². The van der Waals surface area contributed by atoms with E-state index in [1.807, 2.05) is 0 Å². The molecule has 2 aromatic carbocycles. The molecule has 9 heteroatoms. The molecule has 4 rings (SSSR count). The fourth-order valence-corrected chi connectivity index (χ4v) is 5.39. The van der Waals surface area contributed by atoms with Crippen molar-refractivity contribution in [2.24, 2.45) is 0 Å². The first-order valence-corrected chi connectivity index (χ1v) is 10.5. The molecular weight excluding hydrogens is 466 g/mol. The lowest BCUT2D eigenvalue weighted by molar-refractivity contribution is -0.534. The Bertz CT molecular complexity index is 1080. The Kier molecular flexibility index (Phi) is 5.49. The fourth-order valence-electron chi connectivity index (χ4n) is 4.82. The van der Waals surface area contributed by atoms with Gasteiger partial charge in [-0.1, -0.05) is 30.9 Å². The highest BCUT2D eigenvalue weighted by Crippen LogP contribution is 2.53. The molecular formula is C22H22BrN3O5. The van der Waals surface area contributed by atoms with Gasteiger partial charge in [-0.05, 0) is 46.7 Å². The van der Waals surface area contributed by atoms with Crippen LogP contribution in [0.2, 0.25) is 0 Å². The highest BCUT2D eigenvalue weighted by molar-refractivity contribution is 9.10. The number of likely N-dealkylation sites (tertiary alicyclic amines) is 1. The highest BCUT2D eigenvalue weighted by atomic mass is 79.9. The van der Waals surface area contributed by atoms with Crippen LogP contribution < -0.4 is 14.8 Å². The van der Waals surface area contributed by atoms with Crippen molar-refractivity contribution in [2.45, 2.75) is 17.5 Å². The zero-order valence-corrected chi connectivity index (χ0v) is 18.7. The van der Waals surface area contributed by atoms with Crippen molar-refractivity contribution in [3.63, 3.8) is 0 Å². The summed E-state index contributed by atoms with van der Waals surface area (Å²) in [6.07, 6.45) is 1.62. The second kappa shape index (κ2) is 7.97. The van der Waals surface area contributed by atoms with E-state index in [1.165, 1.54) is 7.11 Å². The van der Waals surface area contributed by atoms with Crippen molar-refractivity contribution in [1.82, 2.24) is 4.90 Å². The normalized spacial score (nSPS) is 24.7. The number of amides is 1. The van der Waals surface area contributed by atoms with E-state index in [9.17, 15) is 14.9 Å². The summed E-state index contributed by atoms with van der Waals surface area (Å²) in [5.74, 6) is 0.0231. The van der Waals surface area contributed by atoms with Gasteiger partial charge >= 0.3 is 0 Å². The molecule has 2 aliphatic heterocycles. The fraction of sp³-hybridized carbons (Fsp3) is 0.318. The number of fused-ring (bicyclic) bond motifs is 2. The number of carbonyl (C=O) groups is 1. The van der Waals surface area contributed by atoms with Crippen molar-refractivity contribution in [3.8, 4) is 11.5 Å². The average Bonchev–Trinajstić information content (AvgIpc) is 3.22. The lowest BCUT2D eigenvalue weighted by Crippen LogP contribution is -2.54. The maximum absolute atomic E-state index is 13.2. The summed E-state index contributed by atoms with van der Waals surface area (Å²) in [7, 11) is 3.27. The minimum atomic E-state index is -1.39. The first-order valence-electron chi connectivity index (χ1n) is 9.73. The van der Waals surface area contributed by atoms with Crippen molar-refractivity contribution in [1.29, 1.82) is 0 Å². The van der Waals surface area contributed by atoms with Gasteiger partial charge < -0.3 is 14.8 Å². The summed E-state index contributed by atoms with van der Waals surface area (Å²) in [5, 5.41) is 15.3. The molecule has 0 saturated carbocycles. The molecule has 1 saturated heterocycles. The van der Waals surface area contributed by atoms with Crippen LogP contribution >= 0.6 is 15.9 Å². The molecule has 1 fully saturated rings. The molecule has 8 nitrogen and oxygen atoms in total. The molecule has 2 aromatic rings. The van der Waals surface area contributed by atoms with E-state index >= 15 is 0 Å². The SMILES string of the molecule is C=CCOc1c(Br)cc([C@@H]2CN(C)[C@]3(C(=O)Nc4ccccc43)[C@H]2[N+](=O)[O-])cc1OC. The second-order valence-corrected chi connectivity index (χ2v) is 8.47. The lowest BCUT2D eigenvalue weighted by atomic mass is 9.79. The number of benzene rings is 2. The van der Waals surface area contributed by atoms with Gasteiger partial charge in [0.2, 0.25) is 0 Å². The Morgan fingerprint density at radius 2 is 2.16 bits per heavy atom. The summed E-state index contributed by atoms with van der Waals surface area (Å²) in [4.78, 5) is 27.1. The van der Waals surface area contributed by atoms with Crippen LogP contribution in [-0.4, -0.2) is 49.1 Å². The predicted octanol–water partition coefficient (Wildman–Crippen LogP) is 3.54. The summed E-state index contributed by atoms with van der Waals surface area (Å²) >= 11 is 3.50. The monoisotopic (exact) mass is 487 g/mol. The number of nitrogens with zero attached hydrogens (tertiary/aromatic N) is 2. The van der Waals surface area contributed by atoms with Gasteiger partial charge in [0.1, 0.15) is 6.61 Å². The van der Waals surface area contributed by atoms with Crippen LogP contribution in [0.1, 0.15) is 17.0 Å². The summed E-state index contributed by atoms with van der Waals surface area (Å²) in [6.45, 7) is 4.26. The molecule has 31 heavy (non-hydrogen) atoms. The number of nitrogens with one attached hydrogen (secondary N) is 1. The molecule has 0 aromatic heterocycles. The molecule has 2 heterocycles. The van der Waals surface area contributed by atoms with Crippen LogP contribution in [0.25, 0.3) is 0 Å². The molecule has 2 aliphatic rings. The van der Waals surface area contributed by atoms with E-state index in [1.54, 1.807) is 54.4 Å². The molecule has 1 amide bonds. The molecule has 1 spiro atoms. The van der Waals surface area contributed by atoms with Crippen LogP contribution in [0.15, 0.2) is 53.5 Å². The Morgan fingerprint density at radius 1 is 1.42 bits per heavy atom.